The maximum absolute atomic E-state index is 11.1. The molecule has 3 heteroatoms. The minimum atomic E-state index is -0.745. The largest absolute Gasteiger partial charge is 0.457 e. The van der Waals surface area contributed by atoms with Crippen molar-refractivity contribution in [1.29, 1.82) is 0 Å². The van der Waals surface area contributed by atoms with Crippen LogP contribution in [0.1, 0.15) is 77.7 Å². The van der Waals surface area contributed by atoms with Crippen LogP contribution in [0.2, 0.25) is 5.02 Å². The van der Waals surface area contributed by atoms with E-state index < -0.39 is 5.60 Å². The van der Waals surface area contributed by atoms with Crippen molar-refractivity contribution in [1.82, 2.24) is 0 Å². The van der Waals surface area contributed by atoms with Gasteiger partial charge in [-0.05, 0) is 62.2 Å². The first kappa shape index (κ1) is 24.3. The Kier molecular flexibility index (Phi) is 10.3. The highest BCUT2D eigenvalue weighted by atomic mass is 35.5. The van der Waals surface area contributed by atoms with E-state index in [4.69, 9.17) is 16.3 Å². The van der Waals surface area contributed by atoms with Crippen molar-refractivity contribution in [3.8, 4) is 23.3 Å². The molecule has 0 fully saturated rings. The summed E-state index contributed by atoms with van der Waals surface area (Å²) in [5.74, 6) is 8.10. The zero-order valence-corrected chi connectivity index (χ0v) is 19.3. The van der Waals surface area contributed by atoms with Crippen LogP contribution in [0, 0.1) is 17.8 Å². The lowest BCUT2D eigenvalue weighted by Crippen LogP contribution is -2.33. The molecule has 0 saturated heterocycles. The average molecular weight is 427 g/mol. The Labute approximate surface area is 187 Å². The highest BCUT2D eigenvalue weighted by Gasteiger charge is 2.29. The van der Waals surface area contributed by atoms with Crippen LogP contribution in [0.3, 0.4) is 0 Å². The Bertz CT molecular complexity index is 815. The molecule has 162 valence electrons. The second kappa shape index (κ2) is 12.7. The average Bonchev–Trinajstić information content (AvgIpc) is 2.71. The molecule has 0 aliphatic heterocycles. The van der Waals surface area contributed by atoms with E-state index in [2.05, 4.69) is 25.7 Å². The fourth-order valence-electron chi connectivity index (χ4n) is 3.49. The molecule has 2 nitrogen and oxygen atoms in total. The summed E-state index contributed by atoms with van der Waals surface area (Å²) in [6.45, 7) is 6.34. The number of hydrogen-bond donors (Lipinski definition) is 1. The third-order valence-electron chi connectivity index (χ3n) is 5.41. The van der Waals surface area contributed by atoms with Crippen molar-refractivity contribution in [2.75, 3.05) is 0 Å². The van der Waals surface area contributed by atoms with Crippen LogP contribution in [0.25, 0.3) is 0 Å². The molecule has 0 spiro atoms. The minimum absolute atomic E-state index is 0.0108. The zero-order valence-electron chi connectivity index (χ0n) is 18.6. The first-order valence-electron chi connectivity index (χ1n) is 11.2. The highest BCUT2D eigenvalue weighted by Crippen LogP contribution is 2.29. The molecule has 2 rings (SSSR count). The third-order valence-corrected chi connectivity index (χ3v) is 5.65. The number of aliphatic hydroxyl groups is 1. The quantitative estimate of drug-likeness (QED) is 0.291. The molecule has 2 atom stereocenters. The first-order chi connectivity index (χ1) is 14.4. The van der Waals surface area contributed by atoms with Crippen molar-refractivity contribution in [2.24, 2.45) is 5.92 Å². The molecule has 0 aliphatic carbocycles. The fraction of sp³-hybridized carbons (Fsp3) is 0.481. The molecule has 2 aromatic rings. The summed E-state index contributed by atoms with van der Waals surface area (Å²) in [5.41, 5.74) is 0.184. The van der Waals surface area contributed by atoms with Gasteiger partial charge in [-0.25, -0.2) is 0 Å². The van der Waals surface area contributed by atoms with Crippen molar-refractivity contribution in [3.05, 3.63) is 59.1 Å². The van der Waals surface area contributed by atoms with Gasteiger partial charge in [0.05, 0.1) is 5.60 Å². The maximum atomic E-state index is 11.1. The summed E-state index contributed by atoms with van der Waals surface area (Å²) < 4.78 is 5.84. The van der Waals surface area contributed by atoms with E-state index in [9.17, 15) is 5.11 Å². The summed E-state index contributed by atoms with van der Waals surface area (Å²) in [6.07, 6.45) is 8.56. The van der Waals surface area contributed by atoms with Crippen molar-refractivity contribution in [2.45, 2.75) is 77.7 Å². The third kappa shape index (κ3) is 8.42. The van der Waals surface area contributed by atoms with Gasteiger partial charge < -0.3 is 9.84 Å². The van der Waals surface area contributed by atoms with Gasteiger partial charge in [0.25, 0.3) is 0 Å². The predicted molar refractivity (Wildman–Crippen MR) is 127 cm³/mol. The molecule has 0 aliphatic rings. The topological polar surface area (TPSA) is 29.5 Å². The molecule has 0 amide bonds. The molecule has 0 bridgehead atoms. The number of unbranched alkanes of at least 4 members (excludes halogenated alkanes) is 4. The van der Waals surface area contributed by atoms with Crippen molar-refractivity contribution < 1.29 is 9.84 Å². The molecule has 1 N–H and O–H groups in total. The summed E-state index contributed by atoms with van der Waals surface area (Å²) in [5, 5.41) is 11.7. The van der Waals surface area contributed by atoms with Gasteiger partial charge in [0.1, 0.15) is 11.5 Å². The number of rotatable bonds is 11. The van der Waals surface area contributed by atoms with Crippen LogP contribution in [0.15, 0.2) is 48.5 Å². The lowest BCUT2D eigenvalue weighted by Gasteiger charge is -2.30. The molecular formula is C27H35ClO2. The maximum Gasteiger partial charge on any atom is 0.128 e. The van der Waals surface area contributed by atoms with Gasteiger partial charge in [-0.1, -0.05) is 81.9 Å². The van der Waals surface area contributed by atoms with Gasteiger partial charge in [-0.3, -0.25) is 0 Å². The van der Waals surface area contributed by atoms with E-state index in [0.29, 0.717) is 10.8 Å². The Balaban J connectivity index is 2.07. The molecule has 0 heterocycles. The monoisotopic (exact) mass is 426 g/mol. The Morgan fingerprint density at radius 2 is 1.67 bits per heavy atom. The normalized spacial score (nSPS) is 13.8. The highest BCUT2D eigenvalue weighted by molar-refractivity contribution is 6.30. The van der Waals surface area contributed by atoms with Crippen molar-refractivity contribution in [3.63, 3.8) is 0 Å². The van der Waals surface area contributed by atoms with E-state index in [-0.39, 0.29) is 5.92 Å². The van der Waals surface area contributed by atoms with Gasteiger partial charge in [-0.2, -0.15) is 0 Å². The summed E-state index contributed by atoms with van der Waals surface area (Å²) in [6, 6.07) is 15.1. The van der Waals surface area contributed by atoms with Gasteiger partial charge in [-0.15, -0.1) is 0 Å². The Hall–Kier alpha value is -1.95. The Morgan fingerprint density at radius 1 is 0.967 bits per heavy atom. The lowest BCUT2D eigenvalue weighted by molar-refractivity contribution is 0.00715. The molecule has 0 aromatic heterocycles. The fourth-order valence-corrected chi connectivity index (χ4v) is 3.67. The van der Waals surface area contributed by atoms with E-state index in [1.807, 2.05) is 49.4 Å². The lowest BCUT2D eigenvalue weighted by atomic mass is 9.81. The first-order valence-corrected chi connectivity index (χ1v) is 11.6. The van der Waals surface area contributed by atoms with E-state index in [1.54, 1.807) is 6.07 Å². The summed E-state index contributed by atoms with van der Waals surface area (Å²) in [7, 11) is 0. The van der Waals surface area contributed by atoms with Crippen LogP contribution in [0.4, 0.5) is 0 Å². The molecule has 0 saturated carbocycles. The zero-order chi connectivity index (χ0) is 21.8. The molecule has 2 unspecified atom stereocenters. The minimum Gasteiger partial charge on any atom is -0.457 e. The smallest absolute Gasteiger partial charge is 0.128 e. The molecular weight excluding hydrogens is 392 g/mol. The van der Waals surface area contributed by atoms with Gasteiger partial charge in [0, 0.05) is 16.5 Å². The molecule has 30 heavy (non-hydrogen) atoms. The van der Waals surface area contributed by atoms with Crippen LogP contribution in [-0.2, 0) is 0 Å². The standard InChI is InChI=1S/C27H35ClO2/c1-4-6-8-11-23(27(3,29)20-9-7-5-2)17-14-22-15-18-25(19-16-22)30-26-13-10-12-24(28)21-26/h10,12-13,15-16,18-19,21,23,29H,4-9,11,20H2,1-3H3. The van der Waals surface area contributed by atoms with Crippen molar-refractivity contribution >= 4 is 11.6 Å². The number of hydrogen-bond acceptors (Lipinski definition) is 2. The van der Waals surface area contributed by atoms with Crippen LogP contribution in [-0.4, -0.2) is 10.7 Å². The van der Waals surface area contributed by atoms with E-state index >= 15 is 0 Å². The van der Waals surface area contributed by atoms with Gasteiger partial charge >= 0.3 is 0 Å². The van der Waals surface area contributed by atoms with Crippen LogP contribution >= 0.6 is 11.6 Å². The summed E-state index contributed by atoms with van der Waals surface area (Å²) in [4.78, 5) is 0. The SMILES string of the molecule is CCCCCC(C#Cc1ccc(Oc2cccc(Cl)c2)cc1)C(C)(O)CCCCC. The second-order valence-corrected chi connectivity index (χ2v) is 8.65. The predicted octanol–water partition coefficient (Wildman–Crippen LogP) is 8.01. The van der Waals surface area contributed by atoms with Crippen LogP contribution < -0.4 is 4.74 Å². The molecule has 0 radical (unpaired) electrons. The second-order valence-electron chi connectivity index (χ2n) is 8.22. The number of halogens is 1. The van der Waals surface area contributed by atoms with Crippen LogP contribution in [0.5, 0.6) is 11.5 Å². The summed E-state index contributed by atoms with van der Waals surface area (Å²) >= 11 is 6.01. The van der Waals surface area contributed by atoms with Gasteiger partial charge in [0.15, 0.2) is 0 Å². The van der Waals surface area contributed by atoms with E-state index in [1.165, 1.54) is 12.8 Å². The van der Waals surface area contributed by atoms with E-state index in [0.717, 1.165) is 49.8 Å². The number of ether oxygens (including phenoxy) is 1. The molecule has 2 aromatic carbocycles. The van der Waals surface area contributed by atoms with Gasteiger partial charge in [0.2, 0.25) is 0 Å². The number of benzene rings is 2. The Morgan fingerprint density at radius 3 is 2.33 bits per heavy atom.